The Morgan fingerprint density at radius 3 is 2.90 bits per heavy atom. The van der Waals surface area contributed by atoms with E-state index in [1.165, 1.54) is 11.0 Å². The molecule has 2 heterocycles. The minimum Gasteiger partial charge on any atom is -0.389 e. The van der Waals surface area contributed by atoms with Crippen LogP contribution in [0.1, 0.15) is 15.2 Å². The molecule has 3 rings (SSSR count). The van der Waals surface area contributed by atoms with Crippen molar-refractivity contribution in [2.24, 2.45) is 0 Å². The third-order valence-electron chi connectivity index (χ3n) is 4.39. The van der Waals surface area contributed by atoms with Crippen LogP contribution < -0.4 is 15.5 Å². The van der Waals surface area contributed by atoms with Crippen LogP contribution >= 0.6 is 22.9 Å². The van der Waals surface area contributed by atoms with Crippen LogP contribution in [-0.4, -0.2) is 55.9 Å². The summed E-state index contributed by atoms with van der Waals surface area (Å²) in [6.45, 7) is 2.59. The Hall–Kier alpha value is -2.20. The number of carbonyl (C=O) groups is 2. The number of aryl methyl sites for hydroxylation is 1. The number of carbonyl (C=O) groups excluding carboxylic acids is 2. The highest BCUT2D eigenvalue weighted by Gasteiger charge is 2.23. The van der Waals surface area contributed by atoms with E-state index in [2.05, 4.69) is 10.6 Å². The van der Waals surface area contributed by atoms with Crippen molar-refractivity contribution in [3.63, 3.8) is 0 Å². The van der Waals surface area contributed by atoms with Crippen LogP contribution in [-0.2, 0) is 9.53 Å². The van der Waals surface area contributed by atoms with Crippen LogP contribution in [0.5, 0.6) is 0 Å². The number of rotatable bonds is 7. The maximum Gasteiger partial charge on any atom is 0.261 e. The van der Waals surface area contributed by atoms with Gasteiger partial charge < -0.3 is 25.4 Å². The summed E-state index contributed by atoms with van der Waals surface area (Å²) in [6.07, 6.45) is -0.922. The van der Waals surface area contributed by atoms with Crippen molar-refractivity contribution < 1.29 is 23.8 Å². The average molecular weight is 442 g/mol. The maximum absolute atomic E-state index is 14.5. The van der Waals surface area contributed by atoms with Crippen molar-refractivity contribution in [1.29, 1.82) is 0 Å². The Labute approximate surface area is 176 Å². The number of hydrogen-bond donors (Lipinski definition) is 3. The van der Waals surface area contributed by atoms with Gasteiger partial charge in [-0.25, -0.2) is 4.39 Å². The molecule has 1 atom stereocenters. The van der Waals surface area contributed by atoms with E-state index in [1.54, 1.807) is 25.1 Å². The number of nitrogens with zero attached hydrogens (tertiary/aromatic N) is 1. The van der Waals surface area contributed by atoms with Crippen LogP contribution in [0.15, 0.2) is 24.3 Å². The summed E-state index contributed by atoms with van der Waals surface area (Å²) >= 11 is 6.94. The first kappa shape index (κ1) is 21.5. The molecule has 7 nitrogen and oxygen atoms in total. The second-order valence-corrected chi connectivity index (χ2v) is 8.28. The van der Waals surface area contributed by atoms with Gasteiger partial charge in [-0.2, -0.15) is 0 Å². The number of benzene rings is 1. The molecular formula is C19H21ClFN3O4S. The van der Waals surface area contributed by atoms with E-state index in [0.717, 1.165) is 16.9 Å². The van der Waals surface area contributed by atoms with E-state index >= 15 is 0 Å². The molecule has 0 bridgehead atoms. The zero-order chi connectivity index (χ0) is 21.0. The van der Waals surface area contributed by atoms with E-state index in [-0.39, 0.29) is 37.2 Å². The molecular weight excluding hydrogens is 421 g/mol. The molecule has 0 radical (unpaired) electrons. The first-order chi connectivity index (χ1) is 13.8. The van der Waals surface area contributed by atoms with Crippen molar-refractivity contribution >= 4 is 46.1 Å². The number of thiophene rings is 1. The normalized spacial score (nSPS) is 15.3. The summed E-state index contributed by atoms with van der Waals surface area (Å²) in [5.41, 5.74) is 1.44. The Bertz CT molecular complexity index is 908. The Morgan fingerprint density at radius 1 is 1.41 bits per heavy atom. The highest BCUT2D eigenvalue weighted by atomic mass is 35.5. The van der Waals surface area contributed by atoms with Crippen molar-refractivity contribution in [1.82, 2.24) is 5.32 Å². The highest BCUT2D eigenvalue weighted by Crippen LogP contribution is 2.28. The molecule has 1 aliphatic rings. The third-order valence-corrected chi connectivity index (χ3v) is 5.62. The van der Waals surface area contributed by atoms with Crippen LogP contribution in [0.4, 0.5) is 15.8 Å². The predicted octanol–water partition coefficient (Wildman–Crippen LogP) is 2.42. The fraction of sp³-hybridized carbons (Fsp3) is 0.368. The number of aliphatic hydroxyl groups excluding tert-OH is 1. The molecule has 10 heteroatoms. The van der Waals surface area contributed by atoms with E-state index in [4.69, 9.17) is 16.3 Å². The standard InChI is InChI=1S/C19H21ClFN3O4S/c1-11-6-14(13(21)7-15(11)24-4-5-28-10-18(24)26)22-8-12(25)9-23-19(27)16-2-3-17(20)29-16/h2-3,6-7,12,22,25H,4-5,8-10H2,1H3,(H,23,27)/t12-/m0/s1. The number of amides is 2. The SMILES string of the molecule is Cc1cc(NC[C@H](O)CNC(=O)c2ccc(Cl)s2)c(F)cc1N1CCOCC1=O. The van der Waals surface area contributed by atoms with E-state index < -0.39 is 11.9 Å². The molecule has 2 aromatic rings. The summed E-state index contributed by atoms with van der Waals surface area (Å²) in [5.74, 6) is -1.07. The number of ether oxygens (including phenoxy) is 1. The second-order valence-electron chi connectivity index (χ2n) is 6.57. The molecule has 0 aliphatic carbocycles. The van der Waals surface area contributed by atoms with E-state index in [1.807, 2.05) is 0 Å². The quantitative estimate of drug-likeness (QED) is 0.614. The predicted molar refractivity (Wildman–Crippen MR) is 110 cm³/mol. The number of hydrogen-bond acceptors (Lipinski definition) is 6. The lowest BCUT2D eigenvalue weighted by Crippen LogP contribution is -2.42. The molecule has 2 amide bonds. The smallest absolute Gasteiger partial charge is 0.261 e. The molecule has 0 saturated carbocycles. The van der Waals surface area contributed by atoms with Gasteiger partial charge >= 0.3 is 0 Å². The lowest BCUT2D eigenvalue weighted by molar-refractivity contribution is -0.125. The lowest BCUT2D eigenvalue weighted by Gasteiger charge is -2.28. The molecule has 1 aromatic carbocycles. The van der Waals surface area contributed by atoms with Crippen LogP contribution in [0.3, 0.4) is 0 Å². The monoisotopic (exact) mass is 441 g/mol. The van der Waals surface area contributed by atoms with Gasteiger partial charge in [-0.1, -0.05) is 11.6 Å². The molecule has 29 heavy (non-hydrogen) atoms. The topological polar surface area (TPSA) is 90.9 Å². The first-order valence-electron chi connectivity index (χ1n) is 8.99. The third kappa shape index (κ3) is 5.45. The number of nitrogens with one attached hydrogen (secondary N) is 2. The van der Waals surface area contributed by atoms with E-state index in [9.17, 15) is 19.1 Å². The van der Waals surface area contributed by atoms with Crippen LogP contribution in [0.2, 0.25) is 4.34 Å². The van der Waals surface area contributed by atoms with Crippen molar-refractivity contribution in [2.45, 2.75) is 13.0 Å². The van der Waals surface area contributed by atoms with Crippen LogP contribution in [0, 0.1) is 12.7 Å². The van der Waals surface area contributed by atoms with Crippen LogP contribution in [0.25, 0.3) is 0 Å². The fourth-order valence-electron chi connectivity index (χ4n) is 2.90. The largest absolute Gasteiger partial charge is 0.389 e. The van der Waals surface area contributed by atoms with Gasteiger partial charge in [0.15, 0.2) is 0 Å². The van der Waals surface area contributed by atoms with Gasteiger partial charge in [-0.3, -0.25) is 9.59 Å². The Balaban J connectivity index is 1.55. The number of morpholine rings is 1. The van der Waals surface area contributed by atoms with Gasteiger partial charge in [0.2, 0.25) is 0 Å². The molecule has 0 unspecified atom stereocenters. The Kier molecular flexibility index (Phi) is 7.07. The average Bonchev–Trinajstić information content (AvgIpc) is 3.13. The minimum atomic E-state index is -0.922. The molecule has 1 saturated heterocycles. The molecule has 1 fully saturated rings. The first-order valence-corrected chi connectivity index (χ1v) is 10.2. The van der Waals surface area contributed by atoms with Gasteiger partial charge in [-0.15, -0.1) is 11.3 Å². The highest BCUT2D eigenvalue weighted by molar-refractivity contribution is 7.17. The van der Waals surface area contributed by atoms with Gasteiger partial charge in [0.25, 0.3) is 11.8 Å². The van der Waals surface area contributed by atoms with Gasteiger partial charge in [0, 0.05) is 31.4 Å². The summed E-state index contributed by atoms with van der Waals surface area (Å²) in [5, 5.41) is 15.5. The molecule has 156 valence electrons. The molecule has 1 aliphatic heterocycles. The van der Waals surface area contributed by atoms with Crippen molar-refractivity contribution in [3.05, 3.63) is 44.9 Å². The molecule has 1 aromatic heterocycles. The number of anilines is 2. The summed E-state index contributed by atoms with van der Waals surface area (Å²) in [4.78, 5) is 25.9. The number of aliphatic hydroxyl groups is 1. The van der Waals surface area contributed by atoms with Gasteiger partial charge in [-0.05, 0) is 30.7 Å². The Morgan fingerprint density at radius 2 is 2.21 bits per heavy atom. The summed E-state index contributed by atoms with van der Waals surface area (Å²) in [7, 11) is 0. The zero-order valence-corrected chi connectivity index (χ0v) is 17.3. The lowest BCUT2D eigenvalue weighted by atomic mass is 10.1. The van der Waals surface area contributed by atoms with Crippen molar-refractivity contribution in [2.75, 3.05) is 43.1 Å². The maximum atomic E-state index is 14.5. The van der Waals surface area contributed by atoms with Crippen molar-refractivity contribution in [3.8, 4) is 0 Å². The molecule has 0 spiro atoms. The van der Waals surface area contributed by atoms with Gasteiger partial charge in [0.1, 0.15) is 12.4 Å². The summed E-state index contributed by atoms with van der Waals surface area (Å²) < 4.78 is 20.1. The van der Waals surface area contributed by atoms with Gasteiger partial charge in [0.05, 0.1) is 27.6 Å². The molecule has 3 N–H and O–H groups in total. The minimum absolute atomic E-state index is 0.00230. The summed E-state index contributed by atoms with van der Waals surface area (Å²) in [6, 6.07) is 6.12. The fourth-order valence-corrected chi connectivity index (χ4v) is 3.86. The second kappa shape index (κ2) is 9.53. The zero-order valence-electron chi connectivity index (χ0n) is 15.7. The number of halogens is 2. The van der Waals surface area contributed by atoms with E-state index in [0.29, 0.717) is 28.1 Å².